The van der Waals surface area contributed by atoms with Gasteiger partial charge in [-0.25, -0.2) is 4.98 Å². The van der Waals surface area contributed by atoms with Crippen LogP contribution < -0.4 is 16.0 Å². The minimum absolute atomic E-state index is 0.00553. The van der Waals surface area contributed by atoms with E-state index in [1.165, 1.54) is 0 Å². The van der Waals surface area contributed by atoms with E-state index in [-0.39, 0.29) is 17.9 Å². The molecule has 0 spiro atoms. The van der Waals surface area contributed by atoms with Gasteiger partial charge in [0.15, 0.2) is 0 Å². The van der Waals surface area contributed by atoms with Gasteiger partial charge >= 0.3 is 0 Å². The van der Waals surface area contributed by atoms with E-state index in [0.29, 0.717) is 13.2 Å². The third-order valence-corrected chi connectivity index (χ3v) is 5.12. The topological polar surface area (TPSA) is 80.5 Å². The van der Waals surface area contributed by atoms with Crippen LogP contribution in [0, 0.1) is 12.8 Å². The van der Waals surface area contributed by atoms with Gasteiger partial charge < -0.3 is 20.7 Å². The Morgan fingerprint density at radius 1 is 1.29 bits per heavy atom. The van der Waals surface area contributed by atoms with Crippen LogP contribution in [-0.2, 0) is 9.53 Å². The molecule has 1 aromatic heterocycles. The normalized spacial score (nSPS) is 21.5. The molecule has 2 aliphatic heterocycles. The Morgan fingerprint density at radius 3 is 2.67 bits per heavy atom. The van der Waals surface area contributed by atoms with Crippen molar-refractivity contribution in [2.24, 2.45) is 11.7 Å². The first kappa shape index (κ1) is 17.2. The highest BCUT2D eigenvalue weighted by Gasteiger charge is 2.29. The smallest absolute Gasteiger partial charge is 0.237 e. The molecule has 1 aromatic rings. The number of aromatic nitrogens is 1. The molecule has 0 aliphatic carbocycles. The molecule has 6 nitrogen and oxygen atoms in total. The molecule has 3 heterocycles. The van der Waals surface area contributed by atoms with Gasteiger partial charge in [0.25, 0.3) is 0 Å². The molecule has 0 bridgehead atoms. The molecule has 1 amide bonds. The first-order valence-electron chi connectivity index (χ1n) is 8.96. The number of carbonyl (C=O) groups excluding carboxylic acids is 1. The van der Waals surface area contributed by atoms with Crippen LogP contribution in [0.1, 0.15) is 31.4 Å². The SMILES string of the molecule is Cc1cccc(N2CCC(NC(=O)C(N)C3CCOCC3)CC2)n1. The summed E-state index contributed by atoms with van der Waals surface area (Å²) in [6, 6.07) is 5.90. The largest absolute Gasteiger partial charge is 0.381 e. The highest BCUT2D eigenvalue weighted by Crippen LogP contribution is 2.20. The summed E-state index contributed by atoms with van der Waals surface area (Å²) < 4.78 is 5.34. The van der Waals surface area contributed by atoms with Gasteiger partial charge in [-0.2, -0.15) is 0 Å². The Hall–Kier alpha value is -1.66. The Labute approximate surface area is 143 Å². The zero-order valence-corrected chi connectivity index (χ0v) is 14.4. The van der Waals surface area contributed by atoms with Crippen molar-refractivity contribution in [2.75, 3.05) is 31.2 Å². The molecule has 6 heteroatoms. The number of piperidine rings is 1. The lowest BCUT2D eigenvalue weighted by atomic mass is 9.91. The number of ether oxygens (including phenoxy) is 1. The second-order valence-electron chi connectivity index (χ2n) is 6.88. The van der Waals surface area contributed by atoms with Gasteiger partial charge in [-0.15, -0.1) is 0 Å². The number of aryl methyl sites for hydroxylation is 1. The molecule has 0 radical (unpaired) electrons. The average molecular weight is 332 g/mol. The minimum atomic E-state index is -0.412. The van der Waals surface area contributed by atoms with E-state index in [1.807, 2.05) is 25.1 Å². The fourth-order valence-electron chi connectivity index (χ4n) is 3.54. The van der Waals surface area contributed by atoms with E-state index in [9.17, 15) is 4.79 Å². The van der Waals surface area contributed by atoms with Crippen LogP contribution in [-0.4, -0.2) is 49.3 Å². The van der Waals surface area contributed by atoms with Crippen molar-refractivity contribution in [3.05, 3.63) is 23.9 Å². The zero-order valence-electron chi connectivity index (χ0n) is 14.4. The lowest BCUT2D eigenvalue weighted by Crippen LogP contribution is -2.52. The van der Waals surface area contributed by atoms with Gasteiger partial charge in [0.05, 0.1) is 6.04 Å². The van der Waals surface area contributed by atoms with Crippen molar-refractivity contribution in [3.63, 3.8) is 0 Å². The van der Waals surface area contributed by atoms with Crippen LogP contribution in [0.5, 0.6) is 0 Å². The number of amides is 1. The molecule has 1 unspecified atom stereocenters. The van der Waals surface area contributed by atoms with Gasteiger partial charge in [-0.1, -0.05) is 6.07 Å². The number of carbonyl (C=O) groups is 1. The molecular weight excluding hydrogens is 304 g/mol. The van der Waals surface area contributed by atoms with Gasteiger partial charge in [0.2, 0.25) is 5.91 Å². The highest BCUT2D eigenvalue weighted by atomic mass is 16.5. The summed E-state index contributed by atoms with van der Waals surface area (Å²) in [6.07, 6.45) is 3.63. The van der Waals surface area contributed by atoms with E-state index in [4.69, 9.17) is 10.5 Å². The second kappa shape index (κ2) is 7.94. The number of nitrogens with zero attached hydrogens (tertiary/aromatic N) is 2. The Kier molecular flexibility index (Phi) is 5.68. The number of hydrogen-bond donors (Lipinski definition) is 2. The first-order chi connectivity index (χ1) is 11.6. The van der Waals surface area contributed by atoms with E-state index in [2.05, 4.69) is 15.2 Å². The van der Waals surface area contributed by atoms with Crippen molar-refractivity contribution < 1.29 is 9.53 Å². The lowest BCUT2D eigenvalue weighted by Gasteiger charge is -2.34. The number of rotatable bonds is 4. The fraction of sp³-hybridized carbons (Fsp3) is 0.667. The number of hydrogen-bond acceptors (Lipinski definition) is 5. The van der Waals surface area contributed by atoms with Crippen molar-refractivity contribution in [1.82, 2.24) is 10.3 Å². The molecule has 3 rings (SSSR count). The van der Waals surface area contributed by atoms with Crippen molar-refractivity contribution >= 4 is 11.7 Å². The minimum Gasteiger partial charge on any atom is -0.381 e. The van der Waals surface area contributed by atoms with Crippen LogP contribution >= 0.6 is 0 Å². The number of anilines is 1. The average Bonchev–Trinajstić information content (AvgIpc) is 2.62. The van der Waals surface area contributed by atoms with Crippen LogP contribution in [0.4, 0.5) is 5.82 Å². The van der Waals surface area contributed by atoms with Crippen LogP contribution in [0.3, 0.4) is 0 Å². The molecule has 2 aliphatic rings. The molecule has 3 N–H and O–H groups in total. The highest BCUT2D eigenvalue weighted by molar-refractivity contribution is 5.82. The molecule has 132 valence electrons. The summed E-state index contributed by atoms with van der Waals surface area (Å²) in [5.74, 6) is 1.27. The van der Waals surface area contributed by atoms with Gasteiger partial charge in [0, 0.05) is 38.0 Å². The Morgan fingerprint density at radius 2 is 2.00 bits per heavy atom. The maximum Gasteiger partial charge on any atom is 0.237 e. The summed E-state index contributed by atoms with van der Waals surface area (Å²) in [5, 5.41) is 3.15. The third-order valence-electron chi connectivity index (χ3n) is 5.12. The lowest BCUT2D eigenvalue weighted by molar-refractivity contribution is -0.125. The molecule has 1 atom stereocenters. The first-order valence-corrected chi connectivity index (χ1v) is 8.96. The second-order valence-corrected chi connectivity index (χ2v) is 6.88. The number of nitrogens with one attached hydrogen (secondary N) is 1. The van der Waals surface area contributed by atoms with Crippen LogP contribution in [0.25, 0.3) is 0 Å². The van der Waals surface area contributed by atoms with Crippen molar-refractivity contribution in [3.8, 4) is 0 Å². The van der Waals surface area contributed by atoms with Crippen LogP contribution in [0.2, 0.25) is 0 Å². The molecule has 0 saturated carbocycles. The summed E-state index contributed by atoms with van der Waals surface area (Å²) in [5.41, 5.74) is 7.19. The zero-order chi connectivity index (χ0) is 16.9. The molecule has 0 aromatic carbocycles. The fourth-order valence-corrected chi connectivity index (χ4v) is 3.54. The van der Waals surface area contributed by atoms with E-state index < -0.39 is 6.04 Å². The molecule has 2 fully saturated rings. The number of nitrogens with two attached hydrogens (primary N) is 1. The van der Waals surface area contributed by atoms with E-state index >= 15 is 0 Å². The van der Waals surface area contributed by atoms with Gasteiger partial charge in [-0.05, 0) is 50.7 Å². The summed E-state index contributed by atoms with van der Waals surface area (Å²) in [4.78, 5) is 19.3. The number of pyridine rings is 1. The maximum absolute atomic E-state index is 12.4. The van der Waals surface area contributed by atoms with Crippen molar-refractivity contribution in [2.45, 2.75) is 44.7 Å². The summed E-state index contributed by atoms with van der Waals surface area (Å²) in [6.45, 7) is 5.26. The van der Waals surface area contributed by atoms with Gasteiger partial charge in [-0.3, -0.25) is 4.79 Å². The Balaban J connectivity index is 1.47. The third kappa shape index (κ3) is 4.24. The predicted molar refractivity (Wildman–Crippen MR) is 93.9 cm³/mol. The quantitative estimate of drug-likeness (QED) is 0.867. The standard InChI is InChI=1S/C18H28N4O2/c1-13-3-2-4-16(20-13)22-9-5-15(6-10-22)21-18(23)17(19)14-7-11-24-12-8-14/h2-4,14-15,17H,5-12,19H2,1H3,(H,21,23). The molecular formula is C18H28N4O2. The summed E-state index contributed by atoms with van der Waals surface area (Å²) in [7, 11) is 0. The Bertz CT molecular complexity index is 552. The predicted octanol–water partition coefficient (Wildman–Crippen LogP) is 1.23. The molecule has 2 saturated heterocycles. The maximum atomic E-state index is 12.4. The van der Waals surface area contributed by atoms with E-state index in [1.54, 1.807) is 0 Å². The van der Waals surface area contributed by atoms with Gasteiger partial charge in [0.1, 0.15) is 5.82 Å². The van der Waals surface area contributed by atoms with E-state index in [0.717, 1.165) is 50.3 Å². The van der Waals surface area contributed by atoms with Crippen molar-refractivity contribution in [1.29, 1.82) is 0 Å². The molecule has 24 heavy (non-hydrogen) atoms. The summed E-state index contributed by atoms with van der Waals surface area (Å²) >= 11 is 0. The monoisotopic (exact) mass is 332 g/mol. The van der Waals surface area contributed by atoms with Crippen LogP contribution in [0.15, 0.2) is 18.2 Å².